The second-order valence-electron chi connectivity index (χ2n) is 4.87. The number of rotatable bonds is 4. The van der Waals surface area contributed by atoms with Crippen molar-refractivity contribution in [3.63, 3.8) is 0 Å². The number of carbonyl (C=O) groups excluding carboxylic acids is 1. The predicted molar refractivity (Wildman–Crippen MR) is 77.5 cm³/mol. The Morgan fingerprint density at radius 1 is 1.48 bits per heavy atom. The first-order chi connectivity index (χ1) is 10.1. The quantitative estimate of drug-likeness (QED) is 0.334. The second kappa shape index (κ2) is 6.45. The van der Waals surface area contributed by atoms with E-state index in [1.54, 1.807) is 31.4 Å². The van der Waals surface area contributed by atoms with Crippen molar-refractivity contribution in [3.8, 4) is 5.75 Å². The minimum Gasteiger partial charge on any atom is -0.497 e. The van der Waals surface area contributed by atoms with Crippen LogP contribution in [-0.4, -0.2) is 37.3 Å². The van der Waals surface area contributed by atoms with Crippen molar-refractivity contribution in [3.05, 3.63) is 24.3 Å². The molecule has 0 aromatic heterocycles. The molecule has 0 atom stereocenters. The smallest absolute Gasteiger partial charge is 0.238 e. The van der Waals surface area contributed by atoms with Gasteiger partial charge in [-0.15, -0.1) is 0 Å². The SMILES string of the molecule is COc1cccc(NC(=O)C2(C(N)=NO)CCOCC2)c1. The van der Waals surface area contributed by atoms with Crippen LogP contribution in [0.2, 0.25) is 0 Å². The largest absolute Gasteiger partial charge is 0.497 e. The average molecular weight is 293 g/mol. The van der Waals surface area contributed by atoms with Crippen molar-refractivity contribution in [2.24, 2.45) is 16.3 Å². The van der Waals surface area contributed by atoms with Crippen molar-refractivity contribution >= 4 is 17.4 Å². The van der Waals surface area contributed by atoms with Gasteiger partial charge < -0.3 is 25.7 Å². The number of ether oxygens (including phenoxy) is 2. The van der Waals surface area contributed by atoms with Gasteiger partial charge in [0.05, 0.1) is 7.11 Å². The van der Waals surface area contributed by atoms with Gasteiger partial charge in [0.2, 0.25) is 5.91 Å². The van der Waals surface area contributed by atoms with Gasteiger partial charge in [-0.1, -0.05) is 11.2 Å². The summed E-state index contributed by atoms with van der Waals surface area (Å²) in [4.78, 5) is 12.6. The molecule has 1 fully saturated rings. The van der Waals surface area contributed by atoms with Crippen LogP contribution in [0, 0.1) is 5.41 Å². The monoisotopic (exact) mass is 293 g/mol. The van der Waals surface area contributed by atoms with Crippen LogP contribution in [0.3, 0.4) is 0 Å². The Balaban J connectivity index is 2.22. The topological polar surface area (TPSA) is 106 Å². The van der Waals surface area contributed by atoms with Crippen LogP contribution in [0.5, 0.6) is 5.75 Å². The Bertz CT molecular complexity index is 539. The average Bonchev–Trinajstić information content (AvgIpc) is 2.54. The molecule has 1 aliphatic heterocycles. The molecule has 1 aromatic carbocycles. The maximum atomic E-state index is 12.6. The minimum atomic E-state index is -1.05. The van der Waals surface area contributed by atoms with E-state index >= 15 is 0 Å². The molecule has 1 amide bonds. The molecule has 4 N–H and O–H groups in total. The Kier molecular flexibility index (Phi) is 4.64. The molecule has 0 aliphatic carbocycles. The molecule has 7 nitrogen and oxygen atoms in total. The number of nitrogens with one attached hydrogen (secondary N) is 1. The number of methoxy groups -OCH3 is 1. The van der Waals surface area contributed by atoms with Crippen LogP contribution in [-0.2, 0) is 9.53 Å². The zero-order valence-corrected chi connectivity index (χ0v) is 11.8. The highest BCUT2D eigenvalue weighted by Crippen LogP contribution is 2.32. The van der Waals surface area contributed by atoms with Gasteiger partial charge in [-0.25, -0.2) is 0 Å². The zero-order chi connectivity index (χ0) is 15.3. The van der Waals surface area contributed by atoms with Crippen LogP contribution in [0.15, 0.2) is 29.4 Å². The number of benzene rings is 1. The molecule has 1 aliphatic rings. The molecule has 2 rings (SSSR count). The Morgan fingerprint density at radius 2 is 2.19 bits per heavy atom. The van der Waals surface area contributed by atoms with Crippen molar-refractivity contribution < 1.29 is 19.5 Å². The summed E-state index contributed by atoms with van der Waals surface area (Å²) in [5.74, 6) is 0.234. The molecule has 0 spiro atoms. The third kappa shape index (κ3) is 3.08. The summed E-state index contributed by atoms with van der Waals surface area (Å²) in [5, 5.41) is 14.8. The molecule has 0 saturated carbocycles. The summed E-state index contributed by atoms with van der Waals surface area (Å²) in [6.07, 6.45) is 0.747. The highest BCUT2D eigenvalue weighted by atomic mass is 16.5. The van der Waals surface area contributed by atoms with E-state index in [4.69, 9.17) is 20.4 Å². The Labute approximate surface area is 122 Å². The fourth-order valence-electron chi connectivity index (χ4n) is 2.37. The van der Waals surface area contributed by atoms with Crippen molar-refractivity contribution in [2.45, 2.75) is 12.8 Å². The van der Waals surface area contributed by atoms with Crippen molar-refractivity contribution in [1.82, 2.24) is 0 Å². The van der Waals surface area contributed by atoms with E-state index in [2.05, 4.69) is 10.5 Å². The van der Waals surface area contributed by atoms with Gasteiger partial charge in [-0.05, 0) is 25.0 Å². The number of hydrogen-bond donors (Lipinski definition) is 3. The molecule has 1 heterocycles. The van der Waals surface area contributed by atoms with E-state index in [9.17, 15) is 4.79 Å². The van der Waals surface area contributed by atoms with Gasteiger partial charge in [0.15, 0.2) is 5.84 Å². The van der Waals surface area contributed by atoms with Gasteiger partial charge >= 0.3 is 0 Å². The molecule has 114 valence electrons. The fraction of sp³-hybridized carbons (Fsp3) is 0.429. The van der Waals surface area contributed by atoms with Gasteiger partial charge in [-0.2, -0.15) is 0 Å². The molecule has 0 radical (unpaired) electrons. The van der Waals surface area contributed by atoms with Crippen LogP contribution < -0.4 is 15.8 Å². The van der Waals surface area contributed by atoms with Crippen LogP contribution in [0.4, 0.5) is 5.69 Å². The zero-order valence-electron chi connectivity index (χ0n) is 11.8. The highest BCUT2D eigenvalue weighted by Gasteiger charge is 2.44. The van der Waals surface area contributed by atoms with E-state index < -0.39 is 5.41 Å². The number of amidine groups is 1. The van der Waals surface area contributed by atoms with Crippen LogP contribution >= 0.6 is 0 Å². The maximum absolute atomic E-state index is 12.6. The normalized spacial score (nSPS) is 18.0. The Hall–Kier alpha value is -2.28. The Morgan fingerprint density at radius 3 is 2.81 bits per heavy atom. The molecular formula is C14H19N3O4. The molecule has 0 bridgehead atoms. The van der Waals surface area contributed by atoms with E-state index in [1.807, 2.05) is 0 Å². The van der Waals surface area contributed by atoms with Gasteiger partial charge in [-0.3, -0.25) is 4.79 Å². The summed E-state index contributed by atoms with van der Waals surface area (Å²) in [7, 11) is 1.55. The van der Waals surface area contributed by atoms with E-state index in [0.29, 0.717) is 37.5 Å². The summed E-state index contributed by atoms with van der Waals surface area (Å²) < 4.78 is 10.4. The molecular weight excluding hydrogens is 274 g/mol. The number of oxime groups is 1. The lowest BCUT2D eigenvalue weighted by atomic mass is 9.78. The molecule has 0 unspecified atom stereocenters. The van der Waals surface area contributed by atoms with E-state index in [1.165, 1.54) is 0 Å². The van der Waals surface area contributed by atoms with Crippen molar-refractivity contribution in [1.29, 1.82) is 0 Å². The predicted octanol–water partition coefficient (Wildman–Crippen LogP) is 1.18. The number of nitrogens with zero attached hydrogens (tertiary/aromatic N) is 1. The van der Waals surface area contributed by atoms with Gasteiger partial charge in [0.25, 0.3) is 0 Å². The second-order valence-corrected chi connectivity index (χ2v) is 4.87. The molecule has 7 heteroatoms. The fourth-order valence-corrected chi connectivity index (χ4v) is 2.37. The standard InChI is InChI=1S/C14H19N3O4/c1-20-11-4-2-3-10(9-11)16-13(18)14(12(15)17-19)5-7-21-8-6-14/h2-4,9,19H,5-8H2,1H3,(H2,15,17)(H,16,18). The highest BCUT2D eigenvalue weighted by molar-refractivity contribution is 6.12. The van der Waals surface area contributed by atoms with Crippen LogP contribution in [0.25, 0.3) is 0 Å². The number of amides is 1. The number of carbonyl (C=O) groups is 1. The third-order valence-electron chi connectivity index (χ3n) is 3.71. The van der Waals surface area contributed by atoms with Gasteiger partial charge in [0, 0.05) is 25.0 Å². The van der Waals surface area contributed by atoms with Crippen LogP contribution in [0.1, 0.15) is 12.8 Å². The number of anilines is 1. The third-order valence-corrected chi connectivity index (χ3v) is 3.71. The molecule has 1 saturated heterocycles. The lowest BCUT2D eigenvalue weighted by molar-refractivity contribution is -0.126. The van der Waals surface area contributed by atoms with E-state index in [0.717, 1.165) is 0 Å². The van der Waals surface area contributed by atoms with Crippen molar-refractivity contribution in [2.75, 3.05) is 25.6 Å². The molecule has 1 aromatic rings. The molecule has 21 heavy (non-hydrogen) atoms. The van der Waals surface area contributed by atoms with Gasteiger partial charge in [0.1, 0.15) is 11.2 Å². The lowest BCUT2D eigenvalue weighted by Crippen LogP contribution is -2.50. The van der Waals surface area contributed by atoms with E-state index in [-0.39, 0.29) is 11.7 Å². The first-order valence-electron chi connectivity index (χ1n) is 6.63. The summed E-state index contributed by atoms with van der Waals surface area (Å²) >= 11 is 0. The minimum absolute atomic E-state index is 0.0915. The maximum Gasteiger partial charge on any atom is 0.238 e. The summed E-state index contributed by atoms with van der Waals surface area (Å²) in [6.45, 7) is 0.781. The first kappa shape index (κ1) is 15.1. The first-order valence-corrected chi connectivity index (χ1v) is 6.63. The number of nitrogens with two attached hydrogens (primary N) is 1. The summed E-state index contributed by atoms with van der Waals surface area (Å²) in [5.41, 5.74) is 5.30. The lowest BCUT2D eigenvalue weighted by Gasteiger charge is -2.34. The summed E-state index contributed by atoms with van der Waals surface area (Å²) in [6, 6.07) is 7.01. The number of hydrogen-bond acceptors (Lipinski definition) is 5.